The fraction of sp³-hybridized carbons (Fsp3) is 0.500. The van der Waals surface area contributed by atoms with E-state index in [1.54, 1.807) is 6.07 Å². The topological polar surface area (TPSA) is 47.3 Å². The highest BCUT2D eigenvalue weighted by molar-refractivity contribution is 14.1. The monoisotopic (exact) mass is 372 g/mol. The Morgan fingerprint density at radius 2 is 2.32 bits per heavy atom. The molecule has 1 fully saturated rings. The number of hydrogen-bond acceptors (Lipinski definition) is 3. The lowest BCUT2D eigenvalue weighted by Gasteiger charge is -2.23. The number of benzene rings is 1. The van der Waals surface area contributed by atoms with E-state index >= 15 is 0 Å². The lowest BCUT2D eigenvalue weighted by Crippen LogP contribution is -2.19. The van der Waals surface area contributed by atoms with E-state index in [-0.39, 0.29) is 6.23 Å². The Morgan fingerprint density at radius 3 is 3.00 bits per heavy atom. The van der Waals surface area contributed by atoms with Gasteiger partial charge in [-0.3, -0.25) is 0 Å². The Balaban J connectivity index is 2.16. The van der Waals surface area contributed by atoms with E-state index in [2.05, 4.69) is 34.6 Å². The summed E-state index contributed by atoms with van der Waals surface area (Å²) in [6.07, 6.45) is 4.16. The van der Waals surface area contributed by atoms with Crippen molar-refractivity contribution in [2.45, 2.75) is 38.8 Å². The molecule has 2 heterocycles. The van der Waals surface area contributed by atoms with Crippen molar-refractivity contribution in [3.8, 4) is 5.75 Å². The van der Waals surface area contributed by atoms with Gasteiger partial charge in [0.15, 0.2) is 6.23 Å². The number of phenolic OH excluding ortho intramolecular Hbond substituents is 1. The van der Waals surface area contributed by atoms with Crippen LogP contribution >= 0.6 is 22.6 Å². The molecule has 19 heavy (non-hydrogen) atoms. The highest BCUT2D eigenvalue weighted by Gasteiger charge is 2.22. The van der Waals surface area contributed by atoms with Gasteiger partial charge in [0, 0.05) is 17.6 Å². The van der Waals surface area contributed by atoms with Crippen molar-refractivity contribution in [1.82, 2.24) is 9.78 Å². The molecule has 2 aromatic rings. The van der Waals surface area contributed by atoms with E-state index in [0.29, 0.717) is 5.75 Å². The summed E-state index contributed by atoms with van der Waals surface area (Å²) in [6, 6.07) is 3.70. The third-order valence-electron chi connectivity index (χ3n) is 3.70. The first kappa shape index (κ1) is 13.2. The molecule has 1 aliphatic rings. The third kappa shape index (κ3) is 2.23. The normalized spacial score (nSPS) is 20.0. The number of aromatic hydroxyl groups is 1. The van der Waals surface area contributed by atoms with Crippen LogP contribution in [0.25, 0.3) is 10.9 Å². The van der Waals surface area contributed by atoms with Gasteiger partial charge < -0.3 is 9.84 Å². The van der Waals surface area contributed by atoms with Gasteiger partial charge in [0.1, 0.15) is 9.45 Å². The first-order valence-corrected chi connectivity index (χ1v) is 7.80. The van der Waals surface area contributed by atoms with Crippen LogP contribution in [0.15, 0.2) is 12.1 Å². The predicted molar refractivity (Wildman–Crippen MR) is 82.3 cm³/mol. The summed E-state index contributed by atoms with van der Waals surface area (Å²) >= 11 is 2.24. The first-order chi connectivity index (χ1) is 9.22. The van der Waals surface area contributed by atoms with E-state index in [0.717, 1.165) is 46.0 Å². The number of aromatic nitrogens is 2. The van der Waals surface area contributed by atoms with Crippen LogP contribution < -0.4 is 0 Å². The van der Waals surface area contributed by atoms with E-state index < -0.39 is 0 Å². The second kappa shape index (κ2) is 5.28. The van der Waals surface area contributed by atoms with E-state index in [1.807, 2.05) is 10.7 Å². The Kier molecular flexibility index (Phi) is 3.66. The van der Waals surface area contributed by atoms with Crippen LogP contribution in [0.1, 0.15) is 38.0 Å². The number of fused-ring (bicyclic) bond motifs is 1. The number of hydrogen-bond donors (Lipinski definition) is 1. The zero-order valence-electron chi connectivity index (χ0n) is 10.9. The van der Waals surface area contributed by atoms with Gasteiger partial charge in [-0.2, -0.15) is 5.10 Å². The minimum atomic E-state index is 0.0361. The number of aryl methyl sites for hydroxylation is 1. The molecule has 1 atom stereocenters. The maximum atomic E-state index is 9.98. The Hall–Kier alpha value is -0.820. The van der Waals surface area contributed by atoms with Gasteiger partial charge in [-0.25, -0.2) is 4.68 Å². The number of rotatable bonds is 2. The summed E-state index contributed by atoms with van der Waals surface area (Å²) < 4.78 is 8.74. The van der Waals surface area contributed by atoms with Crippen molar-refractivity contribution in [2.24, 2.45) is 0 Å². The van der Waals surface area contributed by atoms with Crippen LogP contribution in [0.5, 0.6) is 5.75 Å². The van der Waals surface area contributed by atoms with Crippen LogP contribution in [-0.2, 0) is 11.2 Å². The molecule has 1 aromatic carbocycles. The van der Waals surface area contributed by atoms with Crippen LogP contribution in [0.4, 0.5) is 0 Å². The van der Waals surface area contributed by atoms with Crippen LogP contribution in [-0.4, -0.2) is 21.5 Å². The largest absolute Gasteiger partial charge is 0.508 e. The molecule has 0 aliphatic carbocycles. The van der Waals surface area contributed by atoms with Crippen molar-refractivity contribution >= 4 is 33.5 Å². The minimum absolute atomic E-state index is 0.0361. The molecular weight excluding hydrogens is 355 g/mol. The lowest BCUT2D eigenvalue weighted by atomic mass is 10.1. The average Bonchev–Trinajstić information content (AvgIpc) is 2.77. The number of halogens is 1. The van der Waals surface area contributed by atoms with Crippen LogP contribution in [0, 0.1) is 3.70 Å². The Morgan fingerprint density at radius 1 is 1.47 bits per heavy atom. The summed E-state index contributed by atoms with van der Waals surface area (Å²) in [5, 5.41) is 15.7. The first-order valence-electron chi connectivity index (χ1n) is 6.72. The molecule has 1 saturated heterocycles. The molecule has 4 nitrogen and oxygen atoms in total. The third-order valence-corrected chi connectivity index (χ3v) is 4.45. The standard InChI is InChI=1S/C14H17IN2O2/c1-2-9-11(18)7-6-10-13(9)14(15)16-17(10)12-5-3-4-8-19-12/h6-7,12,18H,2-5,8H2,1H3. The molecular formula is C14H17IN2O2. The zero-order chi connectivity index (χ0) is 13.4. The van der Waals surface area contributed by atoms with Gasteiger partial charge in [-0.05, 0) is 60.4 Å². The molecule has 0 spiro atoms. The van der Waals surface area contributed by atoms with Gasteiger partial charge >= 0.3 is 0 Å². The molecule has 0 saturated carbocycles. The number of phenols is 1. The van der Waals surface area contributed by atoms with Crippen LogP contribution in [0.2, 0.25) is 0 Å². The van der Waals surface area contributed by atoms with E-state index in [1.165, 1.54) is 6.42 Å². The van der Waals surface area contributed by atoms with Gasteiger partial charge in [0.2, 0.25) is 0 Å². The molecule has 0 amide bonds. The molecule has 1 N–H and O–H groups in total. The van der Waals surface area contributed by atoms with Gasteiger partial charge in [0.25, 0.3) is 0 Å². The average molecular weight is 372 g/mol. The summed E-state index contributed by atoms with van der Waals surface area (Å²) in [7, 11) is 0. The van der Waals surface area contributed by atoms with E-state index in [4.69, 9.17) is 4.74 Å². The molecule has 1 aliphatic heterocycles. The number of ether oxygens (including phenoxy) is 1. The Bertz CT molecular complexity index is 603. The van der Waals surface area contributed by atoms with Crippen molar-refractivity contribution in [3.63, 3.8) is 0 Å². The van der Waals surface area contributed by atoms with E-state index in [9.17, 15) is 5.11 Å². The molecule has 0 radical (unpaired) electrons. The predicted octanol–water partition coefficient (Wildman–Crippen LogP) is 3.61. The Labute approximate surface area is 125 Å². The van der Waals surface area contributed by atoms with Crippen molar-refractivity contribution in [3.05, 3.63) is 21.4 Å². The highest BCUT2D eigenvalue weighted by atomic mass is 127. The summed E-state index contributed by atoms with van der Waals surface area (Å²) in [4.78, 5) is 0. The maximum absolute atomic E-state index is 9.98. The van der Waals surface area contributed by atoms with Crippen molar-refractivity contribution in [1.29, 1.82) is 0 Å². The summed E-state index contributed by atoms with van der Waals surface area (Å²) in [6.45, 7) is 2.86. The second-order valence-electron chi connectivity index (χ2n) is 4.87. The summed E-state index contributed by atoms with van der Waals surface area (Å²) in [5.74, 6) is 0.358. The van der Waals surface area contributed by atoms with Gasteiger partial charge in [-0.15, -0.1) is 0 Å². The molecule has 0 bridgehead atoms. The fourth-order valence-electron chi connectivity index (χ4n) is 2.74. The molecule has 5 heteroatoms. The second-order valence-corrected chi connectivity index (χ2v) is 5.89. The quantitative estimate of drug-likeness (QED) is 0.820. The van der Waals surface area contributed by atoms with Crippen LogP contribution in [0.3, 0.4) is 0 Å². The highest BCUT2D eigenvalue weighted by Crippen LogP contribution is 2.34. The lowest BCUT2D eigenvalue weighted by molar-refractivity contribution is -0.0368. The fourth-order valence-corrected chi connectivity index (χ4v) is 3.57. The zero-order valence-corrected chi connectivity index (χ0v) is 13.1. The van der Waals surface area contributed by atoms with Crippen molar-refractivity contribution < 1.29 is 9.84 Å². The molecule has 1 aromatic heterocycles. The van der Waals surface area contributed by atoms with Gasteiger partial charge in [0.05, 0.1) is 5.52 Å². The molecule has 3 rings (SSSR count). The maximum Gasteiger partial charge on any atom is 0.150 e. The smallest absolute Gasteiger partial charge is 0.150 e. The molecule has 102 valence electrons. The summed E-state index contributed by atoms with van der Waals surface area (Å²) in [5.41, 5.74) is 2.04. The SMILES string of the molecule is CCc1c(O)ccc2c1c(I)nn2C1CCCCO1. The van der Waals surface area contributed by atoms with Gasteiger partial charge in [-0.1, -0.05) is 6.92 Å². The molecule has 1 unspecified atom stereocenters. The number of nitrogens with zero attached hydrogens (tertiary/aromatic N) is 2. The minimum Gasteiger partial charge on any atom is -0.508 e. The van der Waals surface area contributed by atoms with Crippen molar-refractivity contribution in [2.75, 3.05) is 6.61 Å².